The van der Waals surface area contributed by atoms with Crippen molar-refractivity contribution in [2.24, 2.45) is 0 Å². The largest absolute Gasteiger partial charge is 0.366 e. The van der Waals surface area contributed by atoms with E-state index in [0.717, 1.165) is 5.56 Å². The van der Waals surface area contributed by atoms with E-state index in [0.29, 0.717) is 34.1 Å². The van der Waals surface area contributed by atoms with Gasteiger partial charge in [-0.3, -0.25) is 4.98 Å². The van der Waals surface area contributed by atoms with Gasteiger partial charge in [-0.1, -0.05) is 41.4 Å². The third-order valence-electron chi connectivity index (χ3n) is 2.95. The molecule has 2 heterocycles. The van der Waals surface area contributed by atoms with Gasteiger partial charge in [-0.05, 0) is 29.8 Å². The van der Waals surface area contributed by atoms with E-state index in [9.17, 15) is 0 Å². The first-order valence-electron chi connectivity index (χ1n) is 6.65. The van der Waals surface area contributed by atoms with E-state index in [4.69, 9.17) is 23.2 Å². The van der Waals surface area contributed by atoms with Crippen LogP contribution >= 0.6 is 23.2 Å². The highest BCUT2D eigenvalue weighted by molar-refractivity contribution is 6.30. The summed E-state index contributed by atoms with van der Waals surface area (Å²) in [6, 6.07) is 14.9. The summed E-state index contributed by atoms with van der Waals surface area (Å²) in [6.45, 7) is 0.593. The Balaban J connectivity index is 1.81. The van der Waals surface area contributed by atoms with Gasteiger partial charge in [0.15, 0.2) is 5.82 Å². The van der Waals surface area contributed by atoms with Crippen molar-refractivity contribution in [2.45, 2.75) is 6.54 Å². The lowest BCUT2D eigenvalue weighted by Gasteiger charge is -2.08. The Morgan fingerprint density at radius 3 is 2.64 bits per heavy atom. The standard InChI is InChI=1S/C16H12Cl2N4/c17-12-5-3-4-11(8-12)10-20-15-9-14(18)21-16(22-15)13-6-1-2-7-19-13/h1-9H,10H2,(H,20,21,22). The van der Waals surface area contributed by atoms with Crippen LogP contribution in [0.2, 0.25) is 10.2 Å². The highest BCUT2D eigenvalue weighted by Gasteiger charge is 2.06. The fraction of sp³-hybridized carbons (Fsp3) is 0.0625. The molecule has 0 radical (unpaired) electrons. The predicted molar refractivity (Wildman–Crippen MR) is 89.1 cm³/mol. The maximum Gasteiger partial charge on any atom is 0.181 e. The lowest BCUT2D eigenvalue weighted by atomic mass is 10.2. The fourth-order valence-corrected chi connectivity index (χ4v) is 2.35. The van der Waals surface area contributed by atoms with Crippen molar-refractivity contribution >= 4 is 29.0 Å². The van der Waals surface area contributed by atoms with Crippen LogP contribution in [0.5, 0.6) is 0 Å². The van der Waals surface area contributed by atoms with Crippen molar-refractivity contribution in [3.8, 4) is 11.5 Å². The monoisotopic (exact) mass is 330 g/mol. The van der Waals surface area contributed by atoms with Crippen LogP contribution in [0, 0.1) is 0 Å². The molecule has 3 rings (SSSR count). The van der Waals surface area contributed by atoms with E-state index in [1.165, 1.54) is 0 Å². The Morgan fingerprint density at radius 2 is 1.86 bits per heavy atom. The Bertz CT molecular complexity index is 778. The second-order valence-electron chi connectivity index (χ2n) is 4.60. The molecule has 6 heteroatoms. The number of nitrogens with one attached hydrogen (secondary N) is 1. The number of rotatable bonds is 4. The molecule has 0 aliphatic carbocycles. The summed E-state index contributed by atoms with van der Waals surface area (Å²) >= 11 is 12.0. The molecule has 0 bridgehead atoms. The van der Waals surface area contributed by atoms with E-state index >= 15 is 0 Å². The van der Waals surface area contributed by atoms with Gasteiger partial charge >= 0.3 is 0 Å². The van der Waals surface area contributed by atoms with Crippen molar-refractivity contribution in [3.63, 3.8) is 0 Å². The lowest BCUT2D eigenvalue weighted by molar-refractivity contribution is 1.08. The summed E-state index contributed by atoms with van der Waals surface area (Å²) in [6.07, 6.45) is 1.69. The molecular weight excluding hydrogens is 319 g/mol. The summed E-state index contributed by atoms with van der Waals surface area (Å²) in [7, 11) is 0. The molecule has 3 aromatic rings. The van der Waals surface area contributed by atoms with Gasteiger partial charge in [-0.25, -0.2) is 9.97 Å². The summed E-state index contributed by atoms with van der Waals surface area (Å²) in [5, 5.41) is 4.29. The third kappa shape index (κ3) is 3.72. The third-order valence-corrected chi connectivity index (χ3v) is 3.38. The molecule has 0 atom stereocenters. The van der Waals surface area contributed by atoms with Crippen molar-refractivity contribution < 1.29 is 0 Å². The molecule has 1 N–H and O–H groups in total. The maximum absolute atomic E-state index is 6.07. The lowest BCUT2D eigenvalue weighted by Crippen LogP contribution is -2.03. The van der Waals surface area contributed by atoms with Gasteiger partial charge in [0.2, 0.25) is 0 Å². The maximum atomic E-state index is 6.07. The minimum Gasteiger partial charge on any atom is -0.366 e. The number of hydrogen-bond acceptors (Lipinski definition) is 4. The summed E-state index contributed by atoms with van der Waals surface area (Å²) in [5.74, 6) is 1.13. The predicted octanol–water partition coefficient (Wildman–Crippen LogP) is 4.46. The zero-order valence-electron chi connectivity index (χ0n) is 11.5. The first kappa shape index (κ1) is 14.8. The highest BCUT2D eigenvalue weighted by atomic mass is 35.5. The van der Waals surface area contributed by atoms with Crippen LogP contribution in [0.25, 0.3) is 11.5 Å². The van der Waals surface area contributed by atoms with Crippen LogP contribution in [-0.4, -0.2) is 15.0 Å². The number of hydrogen-bond donors (Lipinski definition) is 1. The van der Waals surface area contributed by atoms with E-state index in [-0.39, 0.29) is 0 Å². The SMILES string of the molecule is Clc1cccc(CNc2cc(Cl)nc(-c3ccccn3)n2)c1. The molecule has 0 amide bonds. The van der Waals surface area contributed by atoms with Crippen LogP contribution < -0.4 is 5.32 Å². The molecule has 0 aliphatic rings. The summed E-state index contributed by atoms with van der Waals surface area (Å²) in [4.78, 5) is 12.9. The first-order valence-corrected chi connectivity index (χ1v) is 7.40. The normalized spacial score (nSPS) is 10.5. The molecule has 0 aliphatic heterocycles. The Morgan fingerprint density at radius 1 is 0.955 bits per heavy atom. The zero-order chi connectivity index (χ0) is 15.4. The average molecular weight is 331 g/mol. The fourth-order valence-electron chi connectivity index (χ4n) is 1.96. The summed E-state index contributed by atoms with van der Waals surface area (Å²) in [5.41, 5.74) is 1.73. The number of aromatic nitrogens is 3. The molecule has 22 heavy (non-hydrogen) atoms. The Kier molecular flexibility index (Phi) is 4.51. The van der Waals surface area contributed by atoms with Crippen LogP contribution in [0.1, 0.15) is 5.56 Å². The van der Waals surface area contributed by atoms with Gasteiger partial charge in [0.05, 0.1) is 0 Å². The van der Waals surface area contributed by atoms with Crippen molar-refractivity contribution in [2.75, 3.05) is 5.32 Å². The van der Waals surface area contributed by atoms with Crippen LogP contribution in [0.3, 0.4) is 0 Å². The molecule has 0 unspecified atom stereocenters. The van der Waals surface area contributed by atoms with Crippen LogP contribution in [0.4, 0.5) is 5.82 Å². The smallest absolute Gasteiger partial charge is 0.181 e. The molecule has 0 saturated carbocycles. The highest BCUT2D eigenvalue weighted by Crippen LogP contribution is 2.19. The van der Waals surface area contributed by atoms with E-state index in [1.807, 2.05) is 42.5 Å². The Hall–Kier alpha value is -2.17. The molecule has 0 fully saturated rings. The second-order valence-corrected chi connectivity index (χ2v) is 5.42. The molecular formula is C16H12Cl2N4. The van der Waals surface area contributed by atoms with Crippen molar-refractivity contribution in [1.29, 1.82) is 0 Å². The summed E-state index contributed by atoms with van der Waals surface area (Å²) < 4.78 is 0. The van der Waals surface area contributed by atoms with E-state index in [1.54, 1.807) is 12.3 Å². The number of benzene rings is 1. The number of nitrogens with zero attached hydrogens (tertiary/aromatic N) is 3. The minimum absolute atomic E-state index is 0.365. The van der Waals surface area contributed by atoms with Crippen molar-refractivity contribution in [3.05, 3.63) is 70.5 Å². The van der Waals surface area contributed by atoms with E-state index in [2.05, 4.69) is 20.3 Å². The number of pyridine rings is 1. The molecule has 2 aromatic heterocycles. The van der Waals surface area contributed by atoms with Gasteiger partial charge in [-0.2, -0.15) is 0 Å². The van der Waals surface area contributed by atoms with Gasteiger partial charge < -0.3 is 5.32 Å². The van der Waals surface area contributed by atoms with Gasteiger partial charge in [0.25, 0.3) is 0 Å². The topological polar surface area (TPSA) is 50.7 Å². The number of anilines is 1. The van der Waals surface area contributed by atoms with Crippen LogP contribution in [0.15, 0.2) is 54.7 Å². The molecule has 0 spiro atoms. The van der Waals surface area contributed by atoms with E-state index < -0.39 is 0 Å². The first-order chi connectivity index (χ1) is 10.7. The molecule has 110 valence electrons. The van der Waals surface area contributed by atoms with Crippen LogP contribution in [-0.2, 0) is 6.54 Å². The quantitative estimate of drug-likeness (QED) is 0.717. The van der Waals surface area contributed by atoms with Gasteiger partial charge in [0.1, 0.15) is 16.7 Å². The van der Waals surface area contributed by atoms with Gasteiger partial charge in [0, 0.05) is 23.8 Å². The van der Waals surface area contributed by atoms with Gasteiger partial charge in [-0.15, -0.1) is 0 Å². The Labute approximate surface area is 138 Å². The zero-order valence-corrected chi connectivity index (χ0v) is 13.0. The average Bonchev–Trinajstić information content (AvgIpc) is 2.53. The molecule has 4 nitrogen and oxygen atoms in total. The number of halogens is 2. The molecule has 1 aromatic carbocycles. The second kappa shape index (κ2) is 6.73. The molecule has 0 saturated heterocycles. The minimum atomic E-state index is 0.365. The van der Waals surface area contributed by atoms with Crippen molar-refractivity contribution in [1.82, 2.24) is 15.0 Å².